The van der Waals surface area contributed by atoms with Crippen LogP contribution >= 0.6 is 0 Å². The zero-order chi connectivity index (χ0) is 17.6. The van der Waals surface area contributed by atoms with Gasteiger partial charge >= 0.3 is 6.03 Å². The average molecular weight is 340 g/mol. The minimum Gasteiger partial charge on any atom is -0.338 e. The van der Waals surface area contributed by atoms with Crippen molar-refractivity contribution in [2.75, 3.05) is 19.8 Å². The van der Waals surface area contributed by atoms with Crippen LogP contribution in [0.25, 0.3) is 0 Å². The summed E-state index contributed by atoms with van der Waals surface area (Å²) in [4.78, 5) is 13.6. The molecule has 0 spiro atoms. The van der Waals surface area contributed by atoms with Crippen LogP contribution in [0.2, 0.25) is 0 Å². The van der Waals surface area contributed by atoms with Crippen molar-refractivity contribution in [3.63, 3.8) is 0 Å². The minimum absolute atomic E-state index is 0.242. The van der Waals surface area contributed by atoms with E-state index >= 15 is 0 Å². The summed E-state index contributed by atoms with van der Waals surface area (Å²) in [5, 5.41) is 2.27. The largest absolute Gasteiger partial charge is 0.338 e. The number of sulfone groups is 1. The summed E-state index contributed by atoms with van der Waals surface area (Å²) in [5.74, 6) is 0.356. The highest BCUT2D eigenvalue weighted by Gasteiger charge is 2.27. The van der Waals surface area contributed by atoms with Gasteiger partial charge in [-0.05, 0) is 31.7 Å². The van der Waals surface area contributed by atoms with Crippen molar-refractivity contribution >= 4 is 15.9 Å². The predicted octanol–water partition coefficient (Wildman–Crippen LogP) is 2.64. The molecule has 1 rings (SSSR count). The molecular formula is C17H28N2O3S. The van der Waals surface area contributed by atoms with Crippen LogP contribution in [0.4, 0.5) is 4.79 Å². The summed E-state index contributed by atoms with van der Waals surface area (Å²) in [7, 11) is -1.54. The number of hydrogen-bond acceptors (Lipinski definition) is 3. The maximum Gasteiger partial charge on any atom is 0.317 e. The molecule has 0 heterocycles. The molecule has 0 aliphatic rings. The van der Waals surface area contributed by atoms with Gasteiger partial charge in [-0.15, -0.1) is 0 Å². The Hall–Kier alpha value is -1.56. The van der Waals surface area contributed by atoms with E-state index in [1.165, 1.54) is 16.7 Å². The Labute approximate surface area is 140 Å². The van der Waals surface area contributed by atoms with Crippen LogP contribution in [-0.4, -0.2) is 50.5 Å². The minimum atomic E-state index is -3.17. The maximum atomic E-state index is 12.2. The van der Waals surface area contributed by atoms with Gasteiger partial charge in [-0.3, -0.25) is 0 Å². The van der Waals surface area contributed by atoms with E-state index in [0.29, 0.717) is 12.5 Å². The number of rotatable bonds is 7. The van der Waals surface area contributed by atoms with Crippen LogP contribution in [0.5, 0.6) is 0 Å². The molecule has 5 nitrogen and oxygen atoms in total. The molecule has 0 unspecified atom stereocenters. The molecule has 1 aromatic carbocycles. The monoisotopic (exact) mass is 340 g/mol. The molecule has 6 heteroatoms. The lowest BCUT2D eigenvalue weighted by molar-refractivity contribution is 0.193. The van der Waals surface area contributed by atoms with Crippen LogP contribution in [-0.2, 0) is 9.84 Å². The molecule has 0 saturated carbocycles. The van der Waals surface area contributed by atoms with Gasteiger partial charge in [-0.2, -0.15) is 0 Å². The van der Waals surface area contributed by atoms with Crippen LogP contribution in [0, 0.1) is 0 Å². The Morgan fingerprint density at radius 2 is 1.74 bits per heavy atom. The first kappa shape index (κ1) is 19.5. The average Bonchev–Trinajstić information content (AvgIpc) is 2.52. The molecule has 1 aromatic rings. The molecule has 1 N–H and O–H groups in total. The molecule has 0 bridgehead atoms. The summed E-state index contributed by atoms with van der Waals surface area (Å²) >= 11 is 0. The van der Waals surface area contributed by atoms with E-state index in [4.69, 9.17) is 0 Å². The highest BCUT2D eigenvalue weighted by molar-refractivity contribution is 7.91. The lowest BCUT2D eigenvalue weighted by atomic mass is 9.98. The van der Waals surface area contributed by atoms with Crippen molar-refractivity contribution in [2.45, 2.75) is 44.4 Å². The Morgan fingerprint density at radius 1 is 1.17 bits per heavy atom. The Kier molecular flexibility index (Phi) is 7.06. The number of nitrogens with zero attached hydrogens (tertiary/aromatic N) is 1. The van der Waals surface area contributed by atoms with Crippen LogP contribution in [0.1, 0.15) is 38.7 Å². The highest BCUT2D eigenvalue weighted by Crippen LogP contribution is 2.17. The molecule has 0 aliphatic heterocycles. The zero-order valence-electron chi connectivity index (χ0n) is 14.6. The fourth-order valence-corrected chi connectivity index (χ4v) is 3.22. The number of benzene rings is 1. The molecule has 23 heavy (non-hydrogen) atoms. The lowest BCUT2D eigenvalue weighted by Crippen LogP contribution is -2.48. The van der Waals surface area contributed by atoms with E-state index in [9.17, 15) is 13.2 Å². The van der Waals surface area contributed by atoms with Crippen LogP contribution in [0.3, 0.4) is 0 Å². The molecule has 0 aromatic heterocycles. The molecule has 0 fully saturated rings. The third-order valence-electron chi connectivity index (χ3n) is 4.51. The van der Waals surface area contributed by atoms with Crippen molar-refractivity contribution in [3.8, 4) is 0 Å². The second kappa shape index (κ2) is 8.34. The van der Waals surface area contributed by atoms with E-state index in [1.54, 1.807) is 20.9 Å². The van der Waals surface area contributed by atoms with E-state index in [2.05, 4.69) is 24.4 Å². The number of urea groups is 1. The van der Waals surface area contributed by atoms with Gasteiger partial charge < -0.3 is 10.2 Å². The summed E-state index contributed by atoms with van der Waals surface area (Å²) in [5.41, 5.74) is 1.24. The van der Waals surface area contributed by atoms with E-state index in [-0.39, 0.29) is 12.1 Å². The van der Waals surface area contributed by atoms with Crippen LogP contribution < -0.4 is 5.32 Å². The molecule has 130 valence electrons. The van der Waals surface area contributed by atoms with Crippen LogP contribution in [0.15, 0.2) is 30.3 Å². The third-order valence-corrected chi connectivity index (χ3v) is 6.25. The topological polar surface area (TPSA) is 66.5 Å². The van der Waals surface area contributed by atoms with Gasteiger partial charge in [0.15, 0.2) is 9.84 Å². The van der Waals surface area contributed by atoms with E-state index < -0.39 is 15.1 Å². The quantitative estimate of drug-likeness (QED) is 0.830. The van der Waals surface area contributed by atoms with Crippen molar-refractivity contribution in [3.05, 3.63) is 35.9 Å². The standard InChI is InChI=1S/C17H28N2O3S/c1-13(16-9-7-6-8-10-16)11-12-18-17(20)19(4)14(2)15(3)23(5,21)22/h6-10,13-15H,11-12H2,1-5H3,(H,18,20)/t13-,14-,15+/m1/s1. The molecule has 0 saturated heterocycles. The second-order valence-electron chi connectivity index (χ2n) is 6.22. The molecule has 0 radical (unpaired) electrons. The van der Waals surface area contributed by atoms with Gasteiger partial charge in [0, 0.05) is 25.9 Å². The number of amides is 2. The van der Waals surface area contributed by atoms with Crippen molar-refractivity contribution in [1.82, 2.24) is 10.2 Å². The first-order valence-corrected chi connectivity index (χ1v) is 9.84. The Bertz CT molecular complexity index is 602. The molecule has 2 amide bonds. The first-order valence-electron chi connectivity index (χ1n) is 7.89. The predicted molar refractivity (Wildman–Crippen MR) is 94.4 cm³/mol. The summed E-state index contributed by atoms with van der Waals surface area (Å²) < 4.78 is 23.2. The fraction of sp³-hybridized carbons (Fsp3) is 0.588. The van der Waals surface area contributed by atoms with Crippen molar-refractivity contribution in [1.29, 1.82) is 0 Å². The normalized spacial score (nSPS) is 15.5. The summed E-state index contributed by atoms with van der Waals surface area (Å²) in [6.07, 6.45) is 2.03. The fourth-order valence-electron chi connectivity index (χ4n) is 2.33. The number of carbonyl (C=O) groups is 1. The van der Waals surface area contributed by atoms with Crippen molar-refractivity contribution in [2.24, 2.45) is 0 Å². The summed E-state index contributed by atoms with van der Waals surface area (Å²) in [6, 6.07) is 9.53. The van der Waals surface area contributed by atoms with E-state index in [0.717, 1.165) is 6.42 Å². The SMILES string of the molecule is C[C@H](CCNC(=O)N(C)[C@H](C)[C@H](C)S(C)(=O)=O)c1ccccc1. The number of hydrogen-bond donors (Lipinski definition) is 1. The van der Waals surface area contributed by atoms with Gasteiger partial charge in [-0.1, -0.05) is 37.3 Å². The van der Waals surface area contributed by atoms with Gasteiger partial charge in [-0.25, -0.2) is 13.2 Å². The second-order valence-corrected chi connectivity index (χ2v) is 8.62. The molecule has 3 atom stereocenters. The zero-order valence-corrected chi connectivity index (χ0v) is 15.4. The summed E-state index contributed by atoms with van der Waals surface area (Å²) in [6.45, 7) is 6.05. The highest BCUT2D eigenvalue weighted by atomic mass is 32.2. The van der Waals surface area contributed by atoms with Gasteiger partial charge in [0.05, 0.1) is 5.25 Å². The Balaban J connectivity index is 2.47. The lowest BCUT2D eigenvalue weighted by Gasteiger charge is -2.29. The maximum absolute atomic E-state index is 12.2. The van der Waals surface area contributed by atoms with Gasteiger partial charge in [0.1, 0.15) is 0 Å². The number of carbonyl (C=O) groups excluding carboxylic acids is 1. The van der Waals surface area contributed by atoms with Crippen molar-refractivity contribution < 1.29 is 13.2 Å². The third kappa shape index (κ3) is 5.86. The van der Waals surface area contributed by atoms with Gasteiger partial charge in [0.2, 0.25) is 0 Å². The first-order chi connectivity index (χ1) is 10.6. The molecular weight excluding hydrogens is 312 g/mol. The Morgan fingerprint density at radius 3 is 2.26 bits per heavy atom. The molecule has 0 aliphatic carbocycles. The smallest absolute Gasteiger partial charge is 0.317 e. The number of nitrogens with one attached hydrogen (secondary N) is 1. The van der Waals surface area contributed by atoms with Gasteiger partial charge in [0.25, 0.3) is 0 Å². The van der Waals surface area contributed by atoms with E-state index in [1.807, 2.05) is 18.2 Å².